The second-order valence-electron chi connectivity index (χ2n) is 5.08. The van der Waals surface area contributed by atoms with Crippen molar-refractivity contribution in [3.8, 4) is 5.75 Å². The number of carbonyl (C=O) groups is 2. The number of nitrogens with one attached hydrogen (secondary N) is 1. The molecule has 7 heteroatoms. The third-order valence-electron chi connectivity index (χ3n) is 4.05. The number of nitrogens with zero attached hydrogens (tertiary/aromatic N) is 1. The summed E-state index contributed by atoms with van der Waals surface area (Å²) >= 11 is 4.74. The highest BCUT2D eigenvalue weighted by atomic mass is 79.9. The molecule has 5 nitrogen and oxygen atoms in total. The van der Waals surface area contributed by atoms with Crippen molar-refractivity contribution in [3.05, 3.63) is 8.66 Å². The third kappa shape index (κ3) is 1.40. The number of ether oxygens (including phenoxy) is 1. The van der Waals surface area contributed by atoms with Crippen LogP contribution in [0, 0.1) is 0 Å². The van der Waals surface area contributed by atoms with E-state index in [-0.39, 0.29) is 11.8 Å². The van der Waals surface area contributed by atoms with E-state index in [0.717, 1.165) is 23.0 Å². The first-order chi connectivity index (χ1) is 9.12. The van der Waals surface area contributed by atoms with Crippen LogP contribution in [0.15, 0.2) is 3.79 Å². The smallest absolute Gasteiger partial charge is 0.264 e. The van der Waals surface area contributed by atoms with Gasteiger partial charge in [0.2, 0.25) is 0 Å². The van der Waals surface area contributed by atoms with Gasteiger partial charge < -0.3 is 15.0 Å². The molecule has 100 valence electrons. The van der Waals surface area contributed by atoms with E-state index in [9.17, 15) is 9.59 Å². The lowest BCUT2D eigenvalue weighted by Gasteiger charge is -2.42. The maximum atomic E-state index is 12.7. The average Bonchev–Trinajstić information content (AvgIpc) is 2.66. The molecule has 19 heavy (non-hydrogen) atoms. The highest BCUT2D eigenvalue weighted by molar-refractivity contribution is 9.11. The Morgan fingerprint density at radius 1 is 1.37 bits per heavy atom. The van der Waals surface area contributed by atoms with Gasteiger partial charge in [-0.2, -0.15) is 0 Å². The van der Waals surface area contributed by atoms with Crippen LogP contribution >= 0.6 is 27.3 Å². The van der Waals surface area contributed by atoms with Crippen LogP contribution in [0.5, 0.6) is 5.75 Å². The van der Waals surface area contributed by atoms with Crippen molar-refractivity contribution in [1.82, 2.24) is 5.32 Å². The summed E-state index contributed by atoms with van der Waals surface area (Å²) in [7, 11) is 0. The lowest BCUT2D eigenvalue weighted by Crippen LogP contribution is -2.62. The fourth-order valence-electron chi connectivity index (χ4n) is 2.91. The predicted octanol–water partition coefficient (Wildman–Crippen LogP) is 1.90. The van der Waals surface area contributed by atoms with Crippen molar-refractivity contribution in [2.24, 2.45) is 0 Å². The van der Waals surface area contributed by atoms with E-state index < -0.39 is 5.54 Å². The van der Waals surface area contributed by atoms with E-state index >= 15 is 0 Å². The monoisotopic (exact) mass is 342 g/mol. The summed E-state index contributed by atoms with van der Waals surface area (Å²) in [5.41, 5.74) is -0.0221. The van der Waals surface area contributed by atoms with Gasteiger partial charge in [-0.3, -0.25) is 9.59 Å². The summed E-state index contributed by atoms with van der Waals surface area (Å²) in [6, 6.07) is 0. The Labute approximate surface area is 122 Å². The van der Waals surface area contributed by atoms with Gasteiger partial charge in [0.05, 0.1) is 6.54 Å². The van der Waals surface area contributed by atoms with Gasteiger partial charge in [0.1, 0.15) is 26.5 Å². The first-order valence-electron chi connectivity index (χ1n) is 6.22. The minimum Gasteiger partial charge on any atom is -0.487 e. The summed E-state index contributed by atoms with van der Waals surface area (Å²) in [4.78, 5) is 27.4. The minimum absolute atomic E-state index is 0.0145. The molecule has 3 aliphatic rings. The summed E-state index contributed by atoms with van der Waals surface area (Å²) in [6.45, 7) is 0.983. The average molecular weight is 343 g/mol. The van der Waals surface area contributed by atoms with Crippen LogP contribution in [0.3, 0.4) is 0 Å². The van der Waals surface area contributed by atoms with E-state index in [2.05, 4.69) is 21.2 Å². The first kappa shape index (κ1) is 11.7. The maximum absolute atomic E-state index is 12.7. The molecule has 1 aromatic rings. The van der Waals surface area contributed by atoms with Crippen LogP contribution in [-0.4, -0.2) is 30.5 Å². The molecule has 1 N–H and O–H groups in total. The fourth-order valence-corrected chi connectivity index (χ4v) is 4.57. The van der Waals surface area contributed by atoms with E-state index in [1.165, 1.54) is 11.3 Å². The van der Waals surface area contributed by atoms with Crippen molar-refractivity contribution in [1.29, 1.82) is 0 Å². The number of anilines is 1. The number of carbonyl (C=O) groups excluding carboxylic acids is 2. The summed E-state index contributed by atoms with van der Waals surface area (Å²) in [5, 5.41) is 2.93. The van der Waals surface area contributed by atoms with Crippen LogP contribution in [0.2, 0.25) is 0 Å². The lowest BCUT2D eigenvalue weighted by molar-refractivity contribution is -0.128. The molecule has 1 aliphatic carbocycles. The van der Waals surface area contributed by atoms with E-state index in [4.69, 9.17) is 4.74 Å². The van der Waals surface area contributed by atoms with Crippen molar-refractivity contribution in [3.63, 3.8) is 0 Å². The molecule has 0 atom stereocenters. The van der Waals surface area contributed by atoms with Crippen molar-refractivity contribution < 1.29 is 14.3 Å². The third-order valence-corrected chi connectivity index (χ3v) is 5.85. The molecular weight excluding hydrogens is 332 g/mol. The molecular formula is C12H11BrN2O3S. The zero-order valence-electron chi connectivity index (χ0n) is 9.99. The molecule has 1 spiro atoms. The zero-order chi connectivity index (χ0) is 13.2. The van der Waals surface area contributed by atoms with Crippen molar-refractivity contribution in [2.75, 3.05) is 18.1 Å². The normalized spacial score (nSPS) is 23.3. The second-order valence-corrected chi connectivity index (χ2v) is 7.42. The molecule has 0 aromatic carbocycles. The number of amides is 2. The Balaban J connectivity index is 1.92. The zero-order valence-corrected chi connectivity index (χ0v) is 12.4. The first-order valence-corrected chi connectivity index (χ1v) is 7.83. The Bertz CT molecular complexity index is 608. The molecule has 0 bridgehead atoms. The fraction of sp³-hybridized carbons (Fsp3) is 0.500. The van der Waals surface area contributed by atoms with Crippen molar-refractivity contribution >= 4 is 44.8 Å². The van der Waals surface area contributed by atoms with Crippen LogP contribution in [0.4, 0.5) is 5.69 Å². The standard InChI is InChI=1S/C12H11BrN2O3S/c13-9-7-6-8(19-9)10(16)14-12(2-1-3-12)11(17)15(6)4-5-18-7/h1-5H2,(H,14,16). The highest BCUT2D eigenvalue weighted by Gasteiger charge is 2.52. The SMILES string of the molecule is O=C1NC2(CCC2)C(=O)N2CCOc3c(Br)sc1c32. The maximum Gasteiger partial charge on any atom is 0.264 e. The number of thiophene rings is 1. The van der Waals surface area contributed by atoms with Gasteiger partial charge in [0, 0.05) is 0 Å². The van der Waals surface area contributed by atoms with Gasteiger partial charge in [-0.25, -0.2) is 0 Å². The van der Waals surface area contributed by atoms with E-state index in [1.807, 2.05) is 0 Å². The Hall–Kier alpha value is -1.08. The molecule has 1 aromatic heterocycles. The molecule has 3 heterocycles. The number of hydrogen-bond acceptors (Lipinski definition) is 4. The van der Waals surface area contributed by atoms with E-state index in [1.54, 1.807) is 4.90 Å². The summed E-state index contributed by atoms with van der Waals surface area (Å²) in [5.74, 6) is 0.486. The number of hydrogen-bond donors (Lipinski definition) is 1. The van der Waals surface area contributed by atoms with Gasteiger partial charge >= 0.3 is 0 Å². The summed E-state index contributed by atoms with van der Waals surface area (Å²) < 4.78 is 6.38. The largest absolute Gasteiger partial charge is 0.487 e. The summed E-state index contributed by atoms with van der Waals surface area (Å²) in [6.07, 6.45) is 2.46. The van der Waals surface area contributed by atoms with Gasteiger partial charge in [-0.1, -0.05) is 0 Å². The topological polar surface area (TPSA) is 58.6 Å². The van der Waals surface area contributed by atoms with Gasteiger partial charge in [-0.05, 0) is 35.2 Å². The van der Waals surface area contributed by atoms with Crippen molar-refractivity contribution in [2.45, 2.75) is 24.8 Å². The molecule has 1 fully saturated rings. The molecule has 4 rings (SSSR count). The van der Waals surface area contributed by atoms with Gasteiger partial charge in [0.15, 0.2) is 5.75 Å². The van der Waals surface area contributed by atoms with Gasteiger partial charge in [0.25, 0.3) is 11.8 Å². The molecule has 2 amide bonds. The number of rotatable bonds is 0. The molecule has 0 unspecified atom stereocenters. The molecule has 1 saturated carbocycles. The molecule has 2 aliphatic heterocycles. The van der Waals surface area contributed by atoms with E-state index in [0.29, 0.717) is 29.5 Å². The van der Waals surface area contributed by atoms with Crippen LogP contribution in [0.1, 0.15) is 28.9 Å². The highest BCUT2D eigenvalue weighted by Crippen LogP contribution is 2.50. The second kappa shape index (κ2) is 3.73. The Morgan fingerprint density at radius 2 is 2.16 bits per heavy atom. The van der Waals surface area contributed by atoms with Crippen LogP contribution in [-0.2, 0) is 4.79 Å². The van der Waals surface area contributed by atoms with Crippen LogP contribution < -0.4 is 15.0 Å². The molecule has 0 saturated heterocycles. The predicted molar refractivity (Wildman–Crippen MR) is 73.9 cm³/mol. The number of halogens is 1. The molecule has 0 radical (unpaired) electrons. The quantitative estimate of drug-likeness (QED) is 0.783. The lowest BCUT2D eigenvalue weighted by atomic mass is 9.75. The Morgan fingerprint density at radius 3 is 2.84 bits per heavy atom. The van der Waals surface area contributed by atoms with Crippen LogP contribution in [0.25, 0.3) is 0 Å². The Kier molecular flexibility index (Phi) is 2.30. The minimum atomic E-state index is -0.670. The van der Waals surface area contributed by atoms with Gasteiger partial charge in [-0.15, -0.1) is 11.3 Å².